The molecule has 0 bridgehead atoms. The first-order valence-electron chi connectivity index (χ1n) is 8.84. The fraction of sp³-hybridized carbons (Fsp3) is 0.632. The second-order valence-electron chi connectivity index (χ2n) is 6.94. The van der Waals surface area contributed by atoms with Crippen molar-refractivity contribution in [2.24, 2.45) is 10.9 Å². The number of hydrogen-bond donors (Lipinski definition) is 2. The first-order chi connectivity index (χ1) is 11.6. The number of benzene rings is 1. The van der Waals surface area contributed by atoms with Crippen LogP contribution in [0.3, 0.4) is 0 Å². The van der Waals surface area contributed by atoms with Gasteiger partial charge in [0, 0.05) is 43.8 Å². The van der Waals surface area contributed by atoms with E-state index >= 15 is 0 Å². The Morgan fingerprint density at radius 2 is 2.00 bits per heavy atom. The van der Waals surface area contributed by atoms with E-state index in [1.54, 1.807) is 0 Å². The molecule has 1 aliphatic rings. The van der Waals surface area contributed by atoms with E-state index in [2.05, 4.69) is 41.6 Å². The van der Waals surface area contributed by atoms with Crippen molar-refractivity contribution in [3.8, 4) is 0 Å². The minimum atomic E-state index is 0. The van der Waals surface area contributed by atoms with E-state index in [4.69, 9.17) is 16.3 Å². The lowest BCUT2D eigenvalue weighted by Gasteiger charge is -2.38. The summed E-state index contributed by atoms with van der Waals surface area (Å²) in [5.41, 5.74) is 1.32. The Hall–Kier alpha value is -0.530. The van der Waals surface area contributed by atoms with Crippen molar-refractivity contribution in [1.29, 1.82) is 0 Å². The van der Waals surface area contributed by atoms with Crippen LogP contribution in [0.4, 0.5) is 0 Å². The van der Waals surface area contributed by atoms with Gasteiger partial charge in [-0.2, -0.15) is 0 Å². The molecule has 0 unspecified atom stereocenters. The molecule has 25 heavy (non-hydrogen) atoms. The van der Waals surface area contributed by atoms with E-state index in [0.717, 1.165) is 56.5 Å². The van der Waals surface area contributed by atoms with Gasteiger partial charge in [-0.15, -0.1) is 24.0 Å². The Balaban J connectivity index is 0.00000312. The Labute approximate surface area is 174 Å². The Morgan fingerprint density at radius 3 is 2.60 bits per heavy atom. The zero-order chi connectivity index (χ0) is 17.4. The van der Waals surface area contributed by atoms with Gasteiger partial charge in [-0.3, -0.25) is 4.99 Å². The zero-order valence-electron chi connectivity index (χ0n) is 15.5. The van der Waals surface area contributed by atoms with Crippen LogP contribution in [-0.2, 0) is 10.2 Å². The smallest absolute Gasteiger partial charge is 0.191 e. The van der Waals surface area contributed by atoms with Crippen molar-refractivity contribution in [2.45, 2.75) is 38.5 Å². The number of guanidine groups is 1. The van der Waals surface area contributed by atoms with Crippen LogP contribution >= 0.6 is 35.6 Å². The number of rotatable bonds is 6. The summed E-state index contributed by atoms with van der Waals surface area (Å²) < 4.78 is 5.59. The Morgan fingerprint density at radius 1 is 1.28 bits per heavy atom. The molecule has 0 aliphatic carbocycles. The normalized spacial score (nSPS) is 17.1. The molecule has 0 saturated carbocycles. The minimum absolute atomic E-state index is 0. The molecule has 1 aliphatic heterocycles. The molecule has 2 N–H and O–H groups in total. The fourth-order valence-electron chi connectivity index (χ4n) is 3.10. The van der Waals surface area contributed by atoms with Crippen molar-refractivity contribution in [2.75, 3.05) is 33.4 Å². The lowest BCUT2D eigenvalue weighted by Crippen LogP contribution is -2.48. The van der Waals surface area contributed by atoms with Gasteiger partial charge in [0.2, 0.25) is 0 Å². The highest BCUT2D eigenvalue weighted by Crippen LogP contribution is 2.35. The molecule has 0 spiro atoms. The largest absolute Gasteiger partial charge is 0.381 e. The summed E-state index contributed by atoms with van der Waals surface area (Å²) in [7, 11) is 1.82. The van der Waals surface area contributed by atoms with Crippen molar-refractivity contribution < 1.29 is 4.74 Å². The van der Waals surface area contributed by atoms with Crippen LogP contribution < -0.4 is 10.6 Å². The predicted octanol–water partition coefficient (Wildman–Crippen LogP) is 4.22. The third-order valence-corrected chi connectivity index (χ3v) is 4.95. The molecule has 1 heterocycles. The molecular weight excluding hydrogens is 449 g/mol. The number of hydrogen-bond acceptors (Lipinski definition) is 2. The summed E-state index contributed by atoms with van der Waals surface area (Å²) in [6.45, 7) is 7.80. The van der Waals surface area contributed by atoms with Gasteiger partial charge >= 0.3 is 0 Å². The highest BCUT2D eigenvalue weighted by atomic mass is 127. The van der Waals surface area contributed by atoms with Crippen LogP contribution in [-0.4, -0.2) is 39.3 Å². The van der Waals surface area contributed by atoms with Gasteiger partial charge < -0.3 is 15.4 Å². The highest BCUT2D eigenvalue weighted by molar-refractivity contribution is 14.0. The maximum absolute atomic E-state index is 6.23. The first-order valence-corrected chi connectivity index (χ1v) is 9.22. The third-order valence-electron chi connectivity index (χ3n) is 4.72. The van der Waals surface area contributed by atoms with Gasteiger partial charge in [0.15, 0.2) is 5.96 Å². The molecule has 4 nitrogen and oxygen atoms in total. The number of ether oxygens (including phenoxy) is 1. The highest BCUT2D eigenvalue weighted by Gasteiger charge is 2.34. The molecule has 6 heteroatoms. The number of nitrogens with zero attached hydrogens (tertiary/aromatic N) is 1. The maximum Gasteiger partial charge on any atom is 0.191 e. The average Bonchev–Trinajstić information content (AvgIpc) is 2.58. The van der Waals surface area contributed by atoms with Crippen molar-refractivity contribution in [1.82, 2.24) is 10.6 Å². The van der Waals surface area contributed by atoms with Crippen LogP contribution in [0.15, 0.2) is 29.3 Å². The average molecular weight is 480 g/mol. The SMILES string of the molecule is CN=C(NCCC(C)C)NCC1(c2cccc(Cl)c2)CCOCC1.I. The molecule has 1 fully saturated rings. The molecule has 0 amide bonds. The second-order valence-corrected chi connectivity index (χ2v) is 7.37. The van der Waals surface area contributed by atoms with Crippen molar-refractivity contribution >= 4 is 41.5 Å². The van der Waals surface area contributed by atoms with Crippen LogP contribution in [0.2, 0.25) is 5.02 Å². The topological polar surface area (TPSA) is 45.7 Å². The first kappa shape index (κ1) is 22.5. The van der Waals surface area contributed by atoms with Crippen LogP contribution in [0.1, 0.15) is 38.7 Å². The fourth-order valence-corrected chi connectivity index (χ4v) is 3.29. The van der Waals surface area contributed by atoms with Gasteiger partial charge in [0.05, 0.1) is 0 Å². The van der Waals surface area contributed by atoms with E-state index in [-0.39, 0.29) is 29.4 Å². The van der Waals surface area contributed by atoms with Crippen LogP contribution in [0, 0.1) is 5.92 Å². The number of nitrogens with one attached hydrogen (secondary N) is 2. The molecule has 0 radical (unpaired) electrons. The van der Waals surface area contributed by atoms with E-state index in [1.807, 2.05) is 19.2 Å². The quantitative estimate of drug-likeness (QED) is 0.365. The standard InChI is InChI=1S/C19H30ClN3O.HI/c1-15(2)7-10-22-18(21-3)23-14-19(8-11-24-12-9-19)16-5-4-6-17(20)13-16;/h4-6,13,15H,7-12,14H2,1-3H3,(H2,21,22,23);1H. The molecule has 2 rings (SSSR count). The maximum atomic E-state index is 6.23. The molecular formula is C19H31ClIN3O. The van der Waals surface area contributed by atoms with Gasteiger partial charge in [0.1, 0.15) is 0 Å². The summed E-state index contributed by atoms with van der Waals surface area (Å²) in [5.74, 6) is 1.55. The molecule has 0 atom stereocenters. The monoisotopic (exact) mass is 479 g/mol. The second kappa shape index (κ2) is 11.2. The van der Waals surface area contributed by atoms with Gasteiger partial charge in [-0.25, -0.2) is 0 Å². The summed E-state index contributed by atoms with van der Waals surface area (Å²) in [4.78, 5) is 4.35. The van der Waals surface area contributed by atoms with E-state index in [1.165, 1.54) is 5.56 Å². The molecule has 0 aromatic heterocycles. The zero-order valence-corrected chi connectivity index (χ0v) is 18.6. The Kier molecular flexibility index (Phi) is 10.1. The van der Waals surface area contributed by atoms with Gasteiger partial charge in [-0.05, 0) is 42.9 Å². The lowest BCUT2D eigenvalue weighted by atomic mass is 9.74. The number of halogens is 2. The van der Waals surface area contributed by atoms with E-state index in [0.29, 0.717) is 5.92 Å². The van der Waals surface area contributed by atoms with Crippen LogP contribution in [0.25, 0.3) is 0 Å². The molecule has 1 aromatic rings. The summed E-state index contributed by atoms with van der Waals surface area (Å²) >= 11 is 6.23. The van der Waals surface area contributed by atoms with E-state index < -0.39 is 0 Å². The summed E-state index contributed by atoms with van der Waals surface area (Å²) in [6, 6.07) is 8.22. The minimum Gasteiger partial charge on any atom is -0.381 e. The van der Waals surface area contributed by atoms with Crippen molar-refractivity contribution in [3.63, 3.8) is 0 Å². The van der Waals surface area contributed by atoms with Crippen LogP contribution in [0.5, 0.6) is 0 Å². The van der Waals surface area contributed by atoms with Gasteiger partial charge in [0.25, 0.3) is 0 Å². The van der Waals surface area contributed by atoms with Crippen molar-refractivity contribution in [3.05, 3.63) is 34.9 Å². The molecule has 1 aromatic carbocycles. The number of aliphatic imine (C=N–C) groups is 1. The summed E-state index contributed by atoms with van der Waals surface area (Å²) in [6.07, 6.45) is 3.11. The molecule has 142 valence electrons. The predicted molar refractivity (Wildman–Crippen MR) is 117 cm³/mol. The van der Waals surface area contributed by atoms with E-state index in [9.17, 15) is 0 Å². The lowest BCUT2D eigenvalue weighted by molar-refractivity contribution is 0.0514. The third kappa shape index (κ3) is 6.94. The molecule has 1 saturated heterocycles. The van der Waals surface area contributed by atoms with Gasteiger partial charge in [-0.1, -0.05) is 37.6 Å². The Bertz CT molecular complexity index is 545. The summed E-state index contributed by atoms with van der Waals surface area (Å²) in [5, 5.41) is 7.70.